The normalized spacial score (nSPS) is 18.0. The van der Waals surface area contributed by atoms with Gasteiger partial charge in [-0.1, -0.05) is 33.6 Å². The molecule has 1 aromatic heterocycles. The maximum Gasteiger partial charge on any atom is 0.191 e. The molecule has 2 rings (SSSR count). The fraction of sp³-hybridized carbons (Fsp3) is 0.842. The lowest BCUT2D eigenvalue weighted by Gasteiger charge is -2.24. The first-order valence-electron chi connectivity index (χ1n) is 10.2. The van der Waals surface area contributed by atoms with Crippen LogP contribution in [0.3, 0.4) is 0 Å². The molecule has 0 aliphatic carbocycles. The van der Waals surface area contributed by atoms with E-state index in [0.717, 1.165) is 37.2 Å². The van der Waals surface area contributed by atoms with E-state index >= 15 is 0 Å². The monoisotopic (exact) mass is 491 g/mol. The van der Waals surface area contributed by atoms with Crippen LogP contribution in [0.1, 0.15) is 58.1 Å². The van der Waals surface area contributed by atoms with Gasteiger partial charge < -0.3 is 15.2 Å². The third-order valence-electron chi connectivity index (χ3n) is 5.68. The van der Waals surface area contributed by atoms with Crippen molar-refractivity contribution in [1.29, 1.82) is 0 Å². The standard InChI is InChI=1S/C19H37N7.HI/c1-6-16(7-2)12-20-19(21-13-17-10-9-11-26(17)8-3)22-14-18-24-23-15(4)25(18)5;/h16-17H,6-14H2,1-5H3,(H2,20,21,22);1H. The largest absolute Gasteiger partial charge is 0.356 e. The van der Waals surface area contributed by atoms with E-state index in [1.807, 2.05) is 18.5 Å². The molecule has 0 bridgehead atoms. The molecule has 0 radical (unpaired) electrons. The van der Waals surface area contributed by atoms with Gasteiger partial charge in [-0.05, 0) is 38.8 Å². The van der Waals surface area contributed by atoms with Crippen LogP contribution in [0.15, 0.2) is 4.99 Å². The first-order valence-corrected chi connectivity index (χ1v) is 10.2. The first-order chi connectivity index (χ1) is 12.6. The predicted molar refractivity (Wildman–Crippen MR) is 123 cm³/mol. The van der Waals surface area contributed by atoms with E-state index in [-0.39, 0.29) is 24.0 Å². The number of aromatic nitrogens is 3. The minimum absolute atomic E-state index is 0. The van der Waals surface area contributed by atoms with Gasteiger partial charge in [0.25, 0.3) is 0 Å². The molecule has 1 aliphatic rings. The van der Waals surface area contributed by atoms with Gasteiger partial charge in [0, 0.05) is 26.2 Å². The number of nitrogens with zero attached hydrogens (tertiary/aromatic N) is 5. The van der Waals surface area contributed by atoms with Crippen molar-refractivity contribution in [3.8, 4) is 0 Å². The summed E-state index contributed by atoms with van der Waals surface area (Å²) < 4.78 is 2.00. The molecule has 0 aromatic carbocycles. The summed E-state index contributed by atoms with van der Waals surface area (Å²) in [7, 11) is 1.99. The number of aliphatic imine (C=N–C) groups is 1. The topological polar surface area (TPSA) is 70.4 Å². The smallest absolute Gasteiger partial charge is 0.191 e. The van der Waals surface area contributed by atoms with Crippen molar-refractivity contribution in [2.24, 2.45) is 18.0 Å². The molecule has 27 heavy (non-hydrogen) atoms. The molecule has 0 spiro atoms. The van der Waals surface area contributed by atoms with Crippen molar-refractivity contribution >= 4 is 29.9 Å². The van der Waals surface area contributed by atoms with Gasteiger partial charge in [-0.25, -0.2) is 4.99 Å². The second-order valence-electron chi connectivity index (χ2n) is 7.26. The number of likely N-dealkylation sites (tertiary alicyclic amines) is 1. The molecule has 1 saturated heterocycles. The van der Waals surface area contributed by atoms with Gasteiger partial charge in [-0.3, -0.25) is 4.90 Å². The molecule has 7 nitrogen and oxygen atoms in total. The van der Waals surface area contributed by atoms with Crippen molar-refractivity contribution in [2.45, 2.75) is 66.0 Å². The summed E-state index contributed by atoms with van der Waals surface area (Å²) in [6.45, 7) is 13.5. The van der Waals surface area contributed by atoms with E-state index in [1.165, 1.54) is 32.2 Å². The zero-order valence-corrected chi connectivity index (χ0v) is 20.0. The molecule has 1 fully saturated rings. The Bertz CT molecular complexity index is 568. The number of rotatable bonds is 9. The van der Waals surface area contributed by atoms with Crippen LogP contribution in [0.2, 0.25) is 0 Å². The molecule has 1 atom stereocenters. The SMILES string of the molecule is CCC(CC)CNC(=NCc1nnc(C)n1C)NCC1CCCN1CC.I. The molecule has 1 unspecified atom stereocenters. The average molecular weight is 491 g/mol. The predicted octanol–water partition coefficient (Wildman–Crippen LogP) is 2.70. The Morgan fingerprint density at radius 3 is 2.56 bits per heavy atom. The lowest BCUT2D eigenvalue weighted by molar-refractivity contribution is 0.267. The fourth-order valence-electron chi connectivity index (χ4n) is 3.49. The number of aryl methyl sites for hydroxylation is 1. The Labute approximate surface area is 181 Å². The Morgan fingerprint density at radius 2 is 1.96 bits per heavy atom. The third kappa shape index (κ3) is 7.21. The van der Waals surface area contributed by atoms with Gasteiger partial charge >= 0.3 is 0 Å². The zero-order chi connectivity index (χ0) is 18.9. The molecule has 0 saturated carbocycles. The van der Waals surface area contributed by atoms with Crippen molar-refractivity contribution in [3.63, 3.8) is 0 Å². The van der Waals surface area contributed by atoms with Crippen molar-refractivity contribution in [1.82, 2.24) is 30.3 Å². The molecular weight excluding hydrogens is 453 g/mol. The summed E-state index contributed by atoms with van der Waals surface area (Å²) in [5.41, 5.74) is 0. The second-order valence-corrected chi connectivity index (χ2v) is 7.26. The number of hydrogen-bond donors (Lipinski definition) is 2. The number of likely N-dealkylation sites (N-methyl/N-ethyl adjacent to an activating group) is 1. The highest BCUT2D eigenvalue weighted by Crippen LogP contribution is 2.15. The molecule has 156 valence electrons. The van der Waals surface area contributed by atoms with Gasteiger partial charge in [-0.15, -0.1) is 34.2 Å². The number of halogens is 1. The van der Waals surface area contributed by atoms with Crippen LogP contribution < -0.4 is 10.6 Å². The van der Waals surface area contributed by atoms with Crippen molar-refractivity contribution < 1.29 is 0 Å². The maximum absolute atomic E-state index is 4.77. The van der Waals surface area contributed by atoms with E-state index in [2.05, 4.69) is 46.5 Å². The van der Waals surface area contributed by atoms with Gasteiger partial charge in [0.05, 0.1) is 0 Å². The summed E-state index contributed by atoms with van der Waals surface area (Å²) in [4.78, 5) is 7.33. The molecule has 8 heteroatoms. The van der Waals surface area contributed by atoms with E-state index in [9.17, 15) is 0 Å². The Balaban J connectivity index is 0.00000364. The van der Waals surface area contributed by atoms with E-state index in [4.69, 9.17) is 4.99 Å². The molecule has 0 amide bonds. The Morgan fingerprint density at radius 1 is 1.22 bits per heavy atom. The minimum Gasteiger partial charge on any atom is -0.356 e. The van der Waals surface area contributed by atoms with Gasteiger partial charge in [0.2, 0.25) is 0 Å². The van der Waals surface area contributed by atoms with Crippen LogP contribution in [0.25, 0.3) is 0 Å². The van der Waals surface area contributed by atoms with Gasteiger partial charge in [0.1, 0.15) is 12.4 Å². The van der Waals surface area contributed by atoms with Crippen LogP contribution in [0, 0.1) is 12.8 Å². The van der Waals surface area contributed by atoms with Gasteiger partial charge in [0.15, 0.2) is 11.8 Å². The summed E-state index contributed by atoms with van der Waals surface area (Å²) in [5.74, 6) is 3.37. The second kappa shape index (κ2) is 12.5. The quantitative estimate of drug-likeness (QED) is 0.316. The van der Waals surface area contributed by atoms with Crippen LogP contribution in [0.4, 0.5) is 0 Å². The highest BCUT2D eigenvalue weighted by Gasteiger charge is 2.22. The fourth-order valence-corrected chi connectivity index (χ4v) is 3.49. The number of nitrogens with one attached hydrogen (secondary N) is 2. The molecule has 2 heterocycles. The number of guanidine groups is 1. The maximum atomic E-state index is 4.77. The zero-order valence-electron chi connectivity index (χ0n) is 17.7. The Kier molecular flexibility index (Phi) is 11.2. The number of hydrogen-bond acceptors (Lipinski definition) is 4. The molecule has 1 aromatic rings. The van der Waals surface area contributed by atoms with Crippen LogP contribution >= 0.6 is 24.0 Å². The highest BCUT2D eigenvalue weighted by molar-refractivity contribution is 14.0. The Hall–Kier alpha value is -0.900. The summed E-state index contributed by atoms with van der Waals surface area (Å²) in [6.07, 6.45) is 4.94. The molecule has 1 aliphatic heterocycles. The lowest BCUT2D eigenvalue weighted by Crippen LogP contribution is -2.46. The lowest BCUT2D eigenvalue weighted by atomic mass is 10.0. The van der Waals surface area contributed by atoms with E-state index in [0.29, 0.717) is 18.5 Å². The van der Waals surface area contributed by atoms with Crippen molar-refractivity contribution in [2.75, 3.05) is 26.2 Å². The van der Waals surface area contributed by atoms with E-state index < -0.39 is 0 Å². The third-order valence-corrected chi connectivity index (χ3v) is 5.68. The summed E-state index contributed by atoms with van der Waals surface area (Å²) in [6, 6.07) is 0.609. The van der Waals surface area contributed by atoms with Crippen LogP contribution in [-0.4, -0.2) is 57.8 Å². The van der Waals surface area contributed by atoms with E-state index in [1.54, 1.807) is 0 Å². The minimum atomic E-state index is 0. The first kappa shape index (κ1) is 24.1. The summed E-state index contributed by atoms with van der Waals surface area (Å²) in [5, 5.41) is 15.4. The molecule has 2 N–H and O–H groups in total. The van der Waals surface area contributed by atoms with Crippen LogP contribution in [0.5, 0.6) is 0 Å². The summed E-state index contributed by atoms with van der Waals surface area (Å²) >= 11 is 0. The van der Waals surface area contributed by atoms with Crippen LogP contribution in [-0.2, 0) is 13.6 Å². The average Bonchev–Trinajstić information content (AvgIpc) is 3.24. The highest BCUT2D eigenvalue weighted by atomic mass is 127. The van der Waals surface area contributed by atoms with Crippen molar-refractivity contribution in [3.05, 3.63) is 11.6 Å². The van der Waals surface area contributed by atoms with Gasteiger partial charge in [-0.2, -0.15) is 0 Å². The molecular formula is C19H38IN7.